The number of nitrogens with one attached hydrogen (secondary N) is 2. The van der Waals surface area contributed by atoms with Crippen molar-refractivity contribution in [2.75, 3.05) is 13.1 Å². The number of primary sulfonamides is 1. The number of carbonyl (C=O) groups is 3. The molecule has 1 spiro atoms. The van der Waals surface area contributed by atoms with Crippen LogP contribution in [0.3, 0.4) is 0 Å². The fraction of sp³-hybridized carbons (Fsp3) is 0.500. The Morgan fingerprint density at radius 3 is 1.69 bits per heavy atom. The van der Waals surface area contributed by atoms with Crippen LogP contribution in [0.5, 0.6) is 5.75 Å². The molecule has 2 aliphatic rings. The number of para-hydroxylation sites is 1. The quantitative estimate of drug-likeness (QED) is 0.132. The molecular formula is C46H70Cl2F3N3O8S2. The number of benzene rings is 3. The molecule has 0 aromatic heterocycles. The molecule has 3 aromatic rings. The Hall–Kier alpha value is -3.64. The predicted octanol–water partition coefficient (Wildman–Crippen LogP) is 11.3. The van der Waals surface area contributed by atoms with Crippen molar-refractivity contribution in [3.8, 4) is 5.75 Å². The maximum atomic E-state index is 12.0. The third kappa shape index (κ3) is 25.2. The van der Waals surface area contributed by atoms with Gasteiger partial charge in [0.2, 0.25) is 36.8 Å². The number of fused-ring (bicyclic) bond motifs is 1. The van der Waals surface area contributed by atoms with Crippen molar-refractivity contribution in [2.45, 2.75) is 149 Å². The topological polar surface area (TPSA) is 179 Å². The third-order valence-electron chi connectivity index (χ3n) is 8.45. The van der Waals surface area contributed by atoms with Crippen LogP contribution in [0.2, 0.25) is 0 Å². The molecule has 64 heavy (non-hydrogen) atoms. The lowest BCUT2D eigenvalue weighted by atomic mass is 9.83. The van der Waals surface area contributed by atoms with Crippen molar-refractivity contribution in [3.63, 3.8) is 0 Å². The number of carbonyl (C=O) groups excluding carboxylic acids is 3. The largest absolute Gasteiger partial charge is 0.482 e. The summed E-state index contributed by atoms with van der Waals surface area (Å²) in [5, 5.41) is 8.11. The minimum absolute atomic E-state index is 0. The van der Waals surface area contributed by atoms with Gasteiger partial charge in [0.05, 0.1) is 9.79 Å². The van der Waals surface area contributed by atoms with Gasteiger partial charge in [-0.15, -0.1) is 0 Å². The molecule has 3 aromatic carbocycles. The average Bonchev–Trinajstić information content (AvgIpc) is 3.16. The van der Waals surface area contributed by atoms with E-state index in [9.17, 15) is 39.6 Å². The van der Waals surface area contributed by atoms with Crippen molar-refractivity contribution >= 4 is 65.6 Å². The smallest absolute Gasteiger partial charge is 0.446 e. The zero-order chi connectivity index (χ0) is 46.7. The van der Waals surface area contributed by atoms with E-state index >= 15 is 0 Å². The molecular weight excluding hydrogens is 915 g/mol. The van der Waals surface area contributed by atoms with E-state index in [-0.39, 0.29) is 43.3 Å². The van der Waals surface area contributed by atoms with Gasteiger partial charge >= 0.3 is 6.18 Å². The number of halogens is 5. The fourth-order valence-corrected chi connectivity index (χ4v) is 7.79. The number of hydrogen-bond acceptors (Lipinski definition) is 9. The SMILES string of the molecule is C.C.C.CC(C)c1ccc(S(=O)(=O)NC(C)(C)C)cc1.CCCC(=O)Cl.CCCCC(=O)Cl.NS(=O)(=O)c1ccc(C2=CC3(CCNCC3)Oc3ccccc32)cc1.O=CC(F)(F)F. The van der Waals surface area contributed by atoms with Gasteiger partial charge < -0.3 is 10.1 Å². The summed E-state index contributed by atoms with van der Waals surface area (Å²) in [5.41, 5.74) is 3.42. The van der Waals surface area contributed by atoms with Gasteiger partial charge in [-0.25, -0.2) is 26.7 Å². The molecule has 1 fully saturated rings. The summed E-state index contributed by atoms with van der Waals surface area (Å²) >= 11 is 9.96. The minimum Gasteiger partial charge on any atom is -0.482 e. The van der Waals surface area contributed by atoms with Gasteiger partial charge in [-0.3, -0.25) is 14.4 Å². The van der Waals surface area contributed by atoms with E-state index in [1.54, 1.807) is 24.3 Å². The first-order chi connectivity index (χ1) is 28.2. The van der Waals surface area contributed by atoms with Crippen molar-refractivity contribution in [1.82, 2.24) is 10.0 Å². The average molecular weight is 985 g/mol. The van der Waals surface area contributed by atoms with E-state index in [1.165, 1.54) is 0 Å². The van der Waals surface area contributed by atoms with Gasteiger partial charge in [-0.1, -0.05) is 98.9 Å². The number of piperidine rings is 1. The Morgan fingerprint density at radius 1 is 0.828 bits per heavy atom. The molecule has 0 amide bonds. The molecule has 0 unspecified atom stereocenters. The Labute approximate surface area is 391 Å². The summed E-state index contributed by atoms with van der Waals surface area (Å²) < 4.78 is 87.3. The molecule has 0 atom stereocenters. The molecule has 2 aliphatic heterocycles. The van der Waals surface area contributed by atoms with Gasteiger partial charge in [-0.05, 0) is 129 Å². The van der Waals surface area contributed by atoms with Crippen molar-refractivity contribution in [1.29, 1.82) is 0 Å². The highest BCUT2D eigenvalue weighted by Crippen LogP contribution is 2.42. The zero-order valence-corrected chi connectivity index (χ0v) is 38.7. The Kier molecular flexibility index (Phi) is 30.1. The molecule has 5 rings (SSSR count). The van der Waals surface area contributed by atoms with Crippen LogP contribution in [0.4, 0.5) is 13.2 Å². The van der Waals surface area contributed by atoms with E-state index < -0.39 is 38.0 Å². The van der Waals surface area contributed by atoms with Crippen LogP contribution in [0.15, 0.2) is 88.7 Å². The first kappa shape index (κ1) is 64.6. The molecule has 2 heterocycles. The second kappa shape index (κ2) is 29.8. The Bertz CT molecular complexity index is 2100. The Morgan fingerprint density at radius 2 is 1.31 bits per heavy atom. The summed E-state index contributed by atoms with van der Waals surface area (Å²) in [6.07, 6.45) is 2.14. The number of nitrogens with two attached hydrogens (primary N) is 1. The molecule has 0 saturated carbocycles. The van der Waals surface area contributed by atoms with E-state index in [0.29, 0.717) is 23.7 Å². The standard InChI is InChI=1S/C19H20N2O3S.C13H21NO2S.C5H9ClO.C4H7ClO.C2HF3O.3CH4/c20-25(22,23)15-7-5-14(6-8-15)17-13-19(9-11-21-12-10-19)24-18-4-2-1-3-16(17)18;1-10(2)11-6-8-12(9-7-11)17(15,16)14-13(3,4)5;1-2-3-4-5(6)7;1-2-3-4(5)6;3-2(4,5)1-6;;;/h1-8,13,21H,9-12H2,(H2,20,22,23);6-10,14H,1-5H3;2-4H2,1H3;2-3H2,1H3;1H;3*1H4. The van der Waals surface area contributed by atoms with E-state index in [0.717, 1.165) is 73.2 Å². The first-order valence-electron chi connectivity index (χ1n) is 19.6. The number of aldehydes is 1. The zero-order valence-electron chi connectivity index (χ0n) is 35.6. The summed E-state index contributed by atoms with van der Waals surface area (Å²) in [6, 6.07) is 21.7. The van der Waals surface area contributed by atoms with Crippen molar-refractivity contribution in [3.05, 3.63) is 95.6 Å². The summed E-state index contributed by atoms with van der Waals surface area (Å²) in [4.78, 5) is 28.9. The van der Waals surface area contributed by atoms with Crippen LogP contribution in [0, 0.1) is 0 Å². The molecule has 0 radical (unpaired) electrons. The summed E-state index contributed by atoms with van der Waals surface area (Å²) in [6.45, 7) is 15.4. The molecule has 4 N–H and O–H groups in total. The van der Waals surface area contributed by atoms with Crippen LogP contribution in [-0.4, -0.2) is 64.0 Å². The monoisotopic (exact) mass is 983 g/mol. The van der Waals surface area contributed by atoms with Gasteiger partial charge in [-0.2, -0.15) is 13.2 Å². The molecule has 364 valence electrons. The molecule has 1 saturated heterocycles. The van der Waals surface area contributed by atoms with Crippen LogP contribution in [-0.2, 0) is 34.4 Å². The minimum atomic E-state index is -4.64. The van der Waals surface area contributed by atoms with Crippen LogP contribution >= 0.6 is 23.2 Å². The number of alkyl halides is 3. The van der Waals surface area contributed by atoms with Crippen molar-refractivity contribution in [2.24, 2.45) is 5.14 Å². The van der Waals surface area contributed by atoms with Gasteiger partial charge in [0.1, 0.15) is 11.4 Å². The highest BCUT2D eigenvalue weighted by molar-refractivity contribution is 7.89. The maximum absolute atomic E-state index is 12.0. The lowest BCUT2D eigenvalue weighted by molar-refractivity contribution is -0.156. The fourth-order valence-electron chi connectivity index (χ4n) is 5.53. The third-order valence-corrected chi connectivity index (χ3v) is 11.5. The van der Waals surface area contributed by atoms with E-state index in [1.807, 2.05) is 83.1 Å². The van der Waals surface area contributed by atoms with Crippen LogP contribution in [0.25, 0.3) is 5.57 Å². The number of hydrogen-bond donors (Lipinski definition) is 3. The van der Waals surface area contributed by atoms with Gasteiger partial charge in [0.15, 0.2) is 0 Å². The van der Waals surface area contributed by atoms with Crippen LogP contribution < -0.4 is 19.9 Å². The lowest BCUT2D eigenvalue weighted by Crippen LogP contribution is -2.46. The molecule has 18 heteroatoms. The van der Waals surface area contributed by atoms with Gasteiger partial charge in [0.25, 0.3) is 0 Å². The normalized spacial score (nSPS) is 13.7. The summed E-state index contributed by atoms with van der Waals surface area (Å²) in [5.74, 6) is 1.28. The second-order valence-electron chi connectivity index (χ2n) is 15.3. The summed E-state index contributed by atoms with van der Waals surface area (Å²) in [7, 11) is -7.10. The van der Waals surface area contributed by atoms with Crippen LogP contribution in [0.1, 0.15) is 138 Å². The highest BCUT2D eigenvalue weighted by Gasteiger charge is 2.37. The molecule has 0 aliphatic carbocycles. The Balaban J connectivity index is -0.000000828. The predicted molar refractivity (Wildman–Crippen MR) is 256 cm³/mol. The first-order valence-corrected chi connectivity index (χ1v) is 23.4. The van der Waals surface area contributed by atoms with Gasteiger partial charge in [0, 0.05) is 36.8 Å². The number of ether oxygens (including phenoxy) is 1. The molecule has 11 nitrogen and oxygen atoms in total. The number of rotatable bonds is 10. The van der Waals surface area contributed by atoms with Crippen molar-refractivity contribution < 1.29 is 49.1 Å². The number of unbranched alkanes of at least 4 members (excludes halogenated alkanes) is 1. The second-order valence-corrected chi connectivity index (χ2v) is 19.4. The maximum Gasteiger partial charge on any atom is 0.446 e. The number of sulfonamides is 2. The highest BCUT2D eigenvalue weighted by atomic mass is 35.5. The van der Waals surface area contributed by atoms with E-state index in [2.05, 4.69) is 30.0 Å². The molecule has 0 bridgehead atoms. The van der Waals surface area contributed by atoms with E-state index in [4.69, 9.17) is 37.9 Å². The lowest BCUT2D eigenvalue weighted by Gasteiger charge is -2.40.